The van der Waals surface area contributed by atoms with Crippen molar-refractivity contribution in [1.29, 1.82) is 0 Å². The van der Waals surface area contributed by atoms with Gasteiger partial charge in [0.2, 0.25) is 11.5 Å². The largest absolute Gasteiger partial charge is 0.502 e. The number of fused-ring (bicyclic) bond motifs is 1. The first kappa shape index (κ1) is 70.1. The number of rotatable bonds is 50. The molecule has 86 heavy (non-hydrogen) atoms. The third-order valence-electron chi connectivity index (χ3n) is 11.5. The summed E-state index contributed by atoms with van der Waals surface area (Å²) in [5.41, 5.74) is 0.756. The first-order valence-corrected chi connectivity index (χ1v) is 28.7. The Bertz CT molecular complexity index is 2800. The maximum Gasteiger partial charge on any atom is 0.390 e. The van der Waals surface area contributed by atoms with E-state index >= 15 is 0 Å². The summed E-state index contributed by atoms with van der Waals surface area (Å²) in [5.74, 6) is 12.1. The van der Waals surface area contributed by atoms with Crippen molar-refractivity contribution < 1.29 is 91.0 Å². The summed E-state index contributed by atoms with van der Waals surface area (Å²) in [7, 11) is 0. The third-order valence-corrected chi connectivity index (χ3v) is 11.5. The van der Waals surface area contributed by atoms with Gasteiger partial charge in [-0.2, -0.15) is 0 Å². The van der Waals surface area contributed by atoms with Gasteiger partial charge in [-0.05, 0) is 136 Å². The highest BCUT2D eigenvalue weighted by Gasteiger charge is 2.20. The fraction of sp³-hybridized carbons (Fsp3) is 0.403. The molecular weight excluding hydrogens is 1110 g/mol. The van der Waals surface area contributed by atoms with Gasteiger partial charge in [0.15, 0.2) is 23.0 Å². The molecular formula is C67H82O19. The number of benzene rings is 4. The fourth-order valence-corrected chi connectivity index (χ4v) is 7.33. The van der Waals surface area contributed by atoms with Gasteiger partial charge in [0.25, 0.3) is 0 Å². The number of hydrogen-bond acceptors (Lipinski definition) is 19. The van der Waals surface area contributed by atoms with Crippen LogP contribution in [0.4, 0.5) is 0 Å². The second kappa shape index (κ2) is 46.0. The normalized spacial score (nSPS) is 10.4. The minimum atomic E-state index is -0.824. The summed E-state index contributed by atoms with van der Waals surface area (Å²) in [6.07, 6.45) is 17.0. The van der Waals surface area contributed by atoms with Crippen molar-refractivity contribution in [2.24, 2.45) is 0 Å². The summed E-state index contributed by atoms with van der Waals surface area (Å²) in [6.45, 7) is 26.9. The molecule has 19 nitrogen and oxygen atoms in total. The topological polar surface area (TPSA) is 191 Å². The lowest BCUT2D eigenvalue weighted by molar-refractivity contribution is -0.286. The Balaban J connectivity index is 1.52. The van der Waals surface area contributed by atoms with Crippen LogP contribution in [0.3, 0.4) is 0 Å². The van der Waals surface area contributed by atoms with Crippen LogP contribution < -0.4 is 37.9 Å². The predicted octanol–water partition coefficient (Wildman–Crippen LogP) is 12.6. The molecule has 0 bridgehead atoms. The molecule has 0 saturated heterocycles. The molecule has 0 saturated carbocycles. The minimum Gasteiger partial charge on any atom is -0.502 e. The fourth-order valence-electron chi connectivity index (χ4n) is 7.33. The predicted molar refractivity (Wildman–Crippen MR) is 325 cm³/mol. The Morgan fingerprint density at radius 3 is 1.00 bits per heavy atom. The van der Waals surface area contributed by atoms with Crippen LogP contribution in [0.2, 0.25) is 0 Å². The summed E-state index contributed by atoms with van der Waals surface area (Å²) >= 11 is 0. The van der Waals surface area contributed by atoms with E-state index in [1.54, 1.807) is 78.9 Å². The third kappa shape index (κ3) is 29.4. The van der Waals surface area contributed by atoms with Gasteiger partial charge in [-0.25, -0.2) is 38.9 Å². The zero-order valence-corrected chi connectivity index (χ0v) is 49.3. The molecule has 19 heteroatoms. The van der Waals surface area contributed by atoms with Gasteiger partial charge >= 0.3 is 11.9 Å². The van der Waals surface area contributed by atoms with Crippen molar-refractivity contribution in [3.8, 4) is 69.7 Å². The first-order chi connectivity index (χ1) is 42.3. The molecule has 0 radical (unpaired) electrons. The summed E-state index contributed by atoms with van der Waals surface area (Å²) in [5, 5.41) is 1.38. The van der Waals surface area contributed by atoms with E-state index in [1.165, 1.54) is 18.8 Å². The number of carbonyl (C=O) groups excluding carboxylic acids is 2. The van der Waals surface area contributed by atoms with E-state index in [2.05, 4.69) is 63.2 Å². The Morgan fingerprint density at radius 2 is 0.663 bits per heavy atom. The molecule has 0 amide bonds. The average molecular weight is 1190 g/mol. The average Bonchev–Trinajstić information content (AvgIpc) is 3.25. The van der Waals surface area contributed by atoms with Crippen LogP contribution in [-0.4, -0.2) is 111 Å². The van der Waals surface area contributed by atoms with Crippen LogP contribution >= 0.6 is 0 Å². The molecule has 4 aromatic rings. The molecule has 0 spiro atoms. The minimum absolute atomic E-state index is 0.235. The van der Waals surface area contributed by atoms with Crippen molar-refractivity contribution in [2.75, 3.05) is 99.1 Å². The summed E-state index contributed by atoms with van der Waals surface area (Å²) in [4.78, 5) is 57.4. The maximum absolute atomic E-state index is 13.4. The standard InChI is InChI=1S/C67H82O19/c1-7-37-79-82-49-22-19-44-74-61-34-28-54(64(75-45-17-14-41-71-11-5)67(61)78-48-21-24-51-84-81-39-9-3)29-35-62(68)85-58-31-25-57-53-59(32-26-56(57)52-58)86-63(69)36-30-55-27-33-60(73-43-16-13-40-70-10-4)66(77-47-18-15-42-72-12-6)65(55)76-46-20-23-50-83-80-38-8-2/h7-12,25-28,31-34,52-53H,1-6,13-24,37-51H2. The second-order valence-electron chi connectivity index (χ2n) is 18.1. The lowest BCUT2D eigenvalue weighted by atomic mass is 10.1. The number of carbonyl (C=O) groups is 2. The molecule has 0 atom stereocenters. The second-order valence-corrected chi connectivity index (χ2v) is 18.1. The van der Waals surface area contributed by atoms with E-state index < -0.39 is 11.9 Å². The van der Waals surface area contributed by atoms with Crippen molar-refractivity contribution in [3.05, 3.63) is 148 Å². The molecule has 0 aliphatic carbocycles. The quantitative estimate of drug-likeness (QED) is 0.00592. The number of hydrogen-bond donors (Lipinski definition) is 0. The lowest BCUT2D eigenvalue weighted by Gasteiger charge is -2.18. The van der Waals surface area contributed by atoms with Crippen molar-refractivity contribution >= 4 is 22.7 Å². The van der Waals surface area contributed by atoms with Crippen LogP contribution in [0.25, 0.3) is 10.8 Å². The van der Waals surface area contributed by atoms with Gasteiger partial charge in [0.05, 0.1) is 109 Å². The molecule has 0 heterocycles. The number of ether oxygens (including phenoxy) is 11. The van der Waals surface area contributed by atoms with E-state index in [0.29, 0.717) is 187 Å². The van der Waals surface area contributed by atoms with Crippen LogP contribution in [-0.2, 0) is 53.1 Å². The van der Waals surface area contributed by atoms with E-state index in [4.69, 9.17) is 81.4 Å². The molecule has 4 rings (SSSR count). The molecule has 0 N–H and O–H groups in total. The molecule has 0 unspecified atom stereocenters. The molecule has 0 fully saturated rings. The van der Waals surface area contributed by atoms with Crippen molar-refractivity contribution in [1.82, 2.24) is 0 Å². The molecule has 0 aliphatic heterocycles. The first-order valence-electron chi connectivity index (χ1n) is 28.7. The smallest absolute Gasteiger partial charge is 0.390 e. The summed E-state index contributed by atoms with van der Waals surface area (Å²) in [6, 6.07) is 16.9. The van der Waals surface area contributed by atoms with E-state index in [1.807, 2.05) is 0 Å². The van der Waals surface area contributed by atoms with Crippen LogP contribution in [0.1, 0.15) is 88.2 Å². The monoisotopic (exact) mass is 1190 g/mol. The molecule has 0 aromatic heterocycles. The molecule has 0 aliphatic rings. The van der Waals surface area contributed by atoms with Crippen molar-refractivity contribution in [3.63, 3.8) is 0 Å². The highest BCUT2D eigenvalue weighted by atomic mass is 17.2. The SMILES string of the molecule is C=CCOOCCCCOc1ccc(C#CC(=O)Oc2ccc3cc(OC(=O)C#Cc4ccc(OCCCCOC=C)c(OCCCCOC=C)c4OCCCCOOCC=C)ccc3c2)c(OCCCCOC=C)c1OCCCCOOCC=C. The van der Waals surface area contributed by atoms with Gasteiger partial charge in [0.1, 0.15) is 31.3 Å². The molecule has 464 valence electrons. The van der Waals surface area contributed by atoms with E-state index in [-0.39, 0.29) is 44.5 Å². The van der Waals surface area contributed by atoms with Gasteiger partial charge in [-0.3, -0.25) is 0 Å². The summed E-state index contributed by atoms with van der Waals surface area (Å²) < 4.78 is 65.0. The number of unbranched alkanes of at least 4 members (excludes halogenated alkanes) is 6. The molecule has 4 aromatic carbocycles. The van der Waals surface area contributed by atoms with Crippen molar-refractivity contribution in [2.45, 2.75) is 77.0 Å². The maximum atomic E-state index is 13.4. The Hall–Kier alpha value is -8.40. The Morgan fingerprint density at radius 1 is 0.349 bits per heavy atom. The van der Waals surface area contributed by atoms with Crippen LogP contribution in [0.15, 0.2) is 137 Å². The zero-order chi connectivity index (χ0) is 61.3. The zero-order valence-electron chi connectivity index (χ0n) is 49.3. The van der Waals surface area contributed by atoms with Crippen LogP contribution in [0.5, 0.6) is 46.0 Å². The highest BCUT2D eigenvalue weighted by molar-refractivity contribution is 5.94. The lowest BCUT2D eigenvalue weighted by Crippen LogP contribution is -2.09. The number of esters is 2. The van der Waals surface area contributed by atoms with E-state index in [9.17, 15) is 9.59 Å². The van der Waals surface area contributed by atoms with Gasteiger partial charge in [-0.1, -0.05) is 61.9 Å². The Kier molecular flexibility index (Phi) is 37.5. The van der Waals surface area contributed by atoms with Crippen LogP contribution in [0, 0.1) is 23.7 Å². The van der Waals surface area contributed by atoms with Gasteiger partial charge < -0.3 is 52.1 Å². The van der Waals surface area contributed by atoms with E-state index in [0.717, 1.165) is 12.8 Å². The van der Waals surface area contributed by atoms with Gasteiger partial charge in [-0.15, -0.1) is 19.7 Å². The highest BCUT2D eigenvalue weighted by Crippen LogP contribution is 2.42. The van der Waals surface area contributed by atoms with Gasteiger partial charge in [0, 0.05) is 11.8 Å². The Labute approximate surface area is 506 Å².